The number of aliphatic hydroxyl groups is 2. The minimum atomic E-state index is -5.72. The standard InChI is InChI=1S/2C45H56N10O13P2/c1-45(2)32-21-26(52(3)4)14-16-30(32)36(31-17-15-27(53(5)6)22-33(31)45)28-11-8-9-12-29(28)42(58)54(7)20-10-13-35(56)47-18-19-48-44(59)67-39-34(23-65-70(63,64)68-69(60,61)62)66-43(38(39)57)55-25-51-37-40(46)49-24-50-41(37)55;1-45(2)32-21-26(52(3)4)14-16-30(32)36(31-17-15-27(53(5)6)22-33(31)45)28-11-8-9-12-29(28)42(58)54(7)20-10-13-35(56)47-18-19-48-44(59)67-39-38(57)34(23-65-70(63,64)68-69(60,61)62)66-43(39)55-25-51-37-40(46)49-24-50-41(37)55/h2*8-9,11-12,14-17,21-22,24-25,34,38-39,43,57H,10,13,18-20,23H2,1-7H3,(H6-,46,47,48,49,50,56,59,60,61,62,63,64)/t2*34-,38-,39-,43-/m11/s1. The van der Waals surface area contributed by atoms with Gasteiger partial charge in [0, 0.05) is 152 Å². The summed E-state index contributed by atoms with van der Waals surface area (Å²) in [7, 11) is -2.77. The molecule has 4 aliphatic carbocycles. The molecule has 12 atom stereocenters. The Morgan fingerprint density at radius 3 is 1.31 bits per heavy atom. The Balaban J connectivity index is 0.000000236. The van der Waals surface area contributed by atoms with E-state index in [0.29, 0.717) is 24.0 Å². The highest BCUT2D eigenvalue weighted by atomic mass is 31.3. The summed E-state index contributed by atoms with van der Waals surface area (Å²) in [5.74, 6) is -1.09. The molecule has 0 spiro atoms. The van der Waals surface area contributed by atoms with Crippen molar-refractivity contribution in [2.45, 2.75) is 113 Å². The number of fused-ring (bicyclic) bond motifs is 6. The molecular weight excluding hydrogens is 1900 g/mol. The van der Waals surface area contributed by atoms with Gasteiger partial charge in [-0.1, -0.05) is 76.2 Å². The summed E-state index contributed by atoms with van der Waals surface area (Å²) in [6.45, 7) is 7.19. The summed E-state index contributed by atoms with van der Waals surface area (Å²) in [6, 6.07) is 28.1. The van der Waals surface area contributed by atoms with E-state index in [4.69, 9.17) is 40.2 Å². The van der Waals surface area contributed by atoms with E-state index in [1.165, 1.54) is 21.8 Å². The first kappa shape index (κ1) is 105. The molecule has 2 aliphatic heterocycles. The highest BCUT2D eigenvalue weighted by Gasteiger charge is 2.52. The van der Waals surface area contributed by atoms with Crippen molar-refractivity contribution in [3.05, 3.63) is 213 Å². The van der Waals surface area contributed by atoms with Crippen LogP contribution in [0.3, 0.4) is 0 Å². The molecule has 0 bridgehead atoms. The van der Waals surface area contributed by atoms with E-state index in [-0.39, 0.29) is 121 Å². The Kier molecular flexibility index (Phi) is 32.3. The molecule has 2 saturated heterocycles. The van der Waals surface area contributed by atoms with Crippen LogP contribution in [-0.4, -0.2) is 295 Å². The number of carbonyl (C=O) groups is 6. The van der Waals surface area contributed by atoms with Crippen molar-refractivity contribution < 1.29 is 132 Å². The lowest BCUT2D eigenvalue weighted by atomic mass is 9.64. The first-order valence-electron chi connectivity index (χ1n) is 44.1. The summed E-state index contributed by atoms with van der Waals surface area (Å²) < 4.78 is 92.2. The Morgan fingerprint density at radius 1 is 0.507 bits per heavy atom. The highest BCUT2D eigenvalue weighted by Crippen LogP contribution is 2.59. The maximum Gasteiger partial charge on any atom is 0.478 e. The molecule has 6 amide bonds. The second-order valence-corrected chi connectivity index (χ2v) is 41.0. The number of carbonyl (C=O) groups excluding carboxylic acids is 6. The number of ether oxygens (including phenoxy) is 4. The quantitative estimate of drug-likeness (QED) is 0.0147. The molecule has 2 fully saturated rings. The number of nitrogens with zero attached hydrogens (tertiary/aromatic N) is 14. The van der Waals surface area contributed by atoms with Crippen LogP contribution in [0.1, 0.15) is 120 Å². The molecule has 4 aromatic heterocycles. The van der Waals surface area contributed by atoms with Crippen molar-refractivity contribution in [3.8, 4) is 0 Å². The SMILES string of the molecule is CN(CCCC(=O)NCCNC(=O)O[C@@H]1[C@H](O)[C@@H](COP(=O)(O)OP(=O)([O-])O)O[C@H]1n1cnc2c(N)ncnc21)C(=O)c1ccccc1C1=C2C=CC(=[N+](C)C)C=C2C(C)(C)c2cc(N(C)C)ccc21.CN(CCCC(=O)NCCNC(=O)O[C@H]1[C@@H](O)[C@H](n2cnc3c(N)ncnc32)O[C@@H]1COP(=O)(O)OP(=O)([O-])O)C(=O)c1ccccc1C1=C2C=CC(=[N+](C)C)C=C2C(C)(C)c2cc(N(C)C)ccc21. The van der Waals surface area contributed by atoms with Crippen molar-refractivity contribution in [3.63, 3.8) is 0 Å². The number of aromatic nitrogens is 8. The van der Waals surface area contributed by atoms with Gasteiger partial charge in [0.1, 0.15) is 76.3 Å². The molecule has 140 heavy (non-hydrogen) atoms. The Bertz CT molecular complexity index is 6630. The Hall–Kier alpha value is -12.3. The molecule has 6 aliphatic rings. The number of hydrogen-bond acceptors (Lipinski definition) is 32. The summed E-state index contributed by atoms with van der Waals surface area (Å²) >= 11 is 0. The van der Waals surface area contributed by atoms with Crippen LogP contribution in [-0.2, 0) is 75.3 Å². The third kappa shape index (κ3) is 24.0. The van der Waals surface area contributed by atoms with E-state index < -0.39 is 106 Å². The second-order valence-electron chi connectivity index (χ2n) is 35.4. The van der Waals surface area contributed by atoms with Crippen LogP contribution in [0.4, 0.5) is 32.6 Å². The molecular formula is C90H112N20O26P4. The number of allylic oxidation sites excluding steroid dienone is 10. The molecule has 50 heteroatoms. The fourth-order valence-electron chi connectivity index (χ4n) is 17.1. The number of benzene rings is 4. The van der Waals surface area contributed by atoms with Gasteiger partial charge in [0.25, 0.3) is 27.5 Å². The van der Waals surface area contributed by atoms with Gasteiger partial charge in [0.2, 0.25) is 11.8 Å². The van der Waals surface area contributed by atoms with Crippen LogP contribution < -0.4 is 52.3 Å². The van der Waals surface area contributed by atoms with Crippen molar-refractivity contribution in [2.24, 2.45) is 0 Å². The summed E-state index contributed by atoms with van der Waals surface area (Å²) in [5, 5.41) is 32.7. The number of hydrogen-bond donors (Lipinski definition) is 12. The predicted molar refractivity (Wildman–Crippen MR) is 509 cm³/mol. The van der Waals surface area contributed by atoms with E-state index in [0.717, 1.165) is 102 Å². The van der Waals surface area contributed by atoms with Gasteiger partial charge in [0.15, 0.2) is 59.0 Å². The molecule has 46 nitrogen and oxygen atoms in total. The molecule has 0 radical (unpaired) electrons. The molecule has 14 rings (SSSR count). The van der Waals surface area contributed by atoms with E-state index in [2.05, 4.69) is 188 Å². The lowest BCUT2D eigenvalue weighted by Gasteiger charge is -2.39. The van der Waals surface area contributed by atoms with Gasteiger partial charge >= 0.3 is 27.8 Å². The zero-order chi connectivity index (χ0) is 102. The molecule has 14 N–H and O–H groups in total. The first-order chi connectivity index (χ1) is 65.9. The molecule has 4 unspecified atom stereocenters. The fraction of sp³-hybridized carbons (Fsp3) is 0.400. The lowest BCUT2D eigenvalue weighted by molar-refractivity contribution is -0.462. The van der Waals surface area contributed by atoms with Gasteiger partial charge in [0.05, 0.1) is 25.9 Å². The van der Waals surface area contributed by atoms with Gasteiger partial charge in [-0.2, -0.15) is 0 Å². The number of rotatable bonds is 34. The molecule has 748 valence electrons. The van der Waals surface area contributed by atoms with Crippen LogP contribution in [0.2, 0.25) is 0 Å². The summed E-state index contributed by atoms with van der Waals surface area (Å²) in [5.41, 5.74) is 29.2. The lowest BCUT2D eigenvalue weighted by Crippen LogP contribution is -2.42. The monoisotopic (exact) mass is 2010 g/mol. The number of phosphoric acid groups is 4. The normalized spacial score (nSPS) is 21.0. The number of nitrogen functional groups attached to an aromatic ring is 2. The Morgan fingerprint density at radius 2 is 0.900 bits per heavy atom. The van der Waals surface area contributed by atoms with Crippen molar-refractivity contribution in [1.82, 2.24) is 70.1 Å². The molecule has 8 aromatic rings. The minimum absolute atomic E-state index is 0.000160. The highest BCUT2D eigenvalue weighted by molar-refractivity contribution is 7.60. The van der Waals surface area contributed by atoms with Gasteiger partial charge in [-0.05, 0) is 128 Å². The number of alkyl carbamates (subject to hydrolysis) is 2. The van der Waals surface area contributed by atoms with Crippen LogP contribution in [0.5, 0.6) is 0 Å². The van der Waals surface area contributed by atoms with Gasteiger partial charge in [-0.25, -0.2) is 66.4 Å². The summed E-state index contributed by atoms with van der Waals surface area (Å²) in [6.07, 6.45) is 3.71. The van der Waals surface area contributed by atoms with Crippen molar-refractivity contribution >= 4 is 135 Å². The number of aliphatic hydroxyl groups excluding tert-OH is 2. The van der Waals surface area contributed by atoms with E-state index in [9.17, 15) is 76.8 Å². The van der Waals surface area contributed by atoms with Gasteiger partial charge < -0.3 is 111 Å². The topological polar surface area (TPSA) is 618 Å². The fourth-order valence-corrected chi connectivity index (χ4v) is 20.3. The van der Waals surface area contributed by atoms with Crippen LogP contribution >= 0.6 is 31.3 Å². The van der Waals surface area contributed by atoms with E-state index in [1.807, 2.05) is 105 Å². The maximum absolute atomic E-state index is 14.3. The average molecular weight is 2010 g/mol. The number of amides is 6. The predicted octanol–water partition coefficient (Wildman–Crippen LogP) is 4.79. The first-order valence-corrected chi connectivity index (χ1v) is 50.1. The van der Waals surface area contributed by atoms with Crippen LogP contribution in [0.15, 0.2) is 169 Å². The summed E-state index contributed by atoms with van der Waals surface area (Å²) in [4.78, 5) is 171. The molecule has 6 heterocycles. The van der Waals surface area contributed by atoms with Crippen LogP contribution in [0.25, 0.3) is 33.5 Å². The molecule has 4 aromatic carbocycles. The zero-order valence-corrected chi connectivity index (χ0v) is 82.6. The van der Waals surface area contributed by atoms with Gasteiger partial charge in [-0.15, -0.1) is 0 Å². The average Bonchev–Trinajstić information content (AvgIpc) is 1.65. The van der Waals surface area contributed by atoms with E-state index in [1.54, 1.807) is 23.9 Å². The number of phosphoric ester groups is 2. The number of nitrogens with two attached hydrogens (primary N) is 2. The number of anilines is 4. The number of nitrogens with one attached hydrogen (secondary N) is 4. The minimum Gasteiger partial charge on any atom is -0.756 e. The maximum atomic E-state index is 14.3. The third-order valence-electron chi connectivity index (χ3n) is 24.3. The Labute approximate surface area is 804 Å². The smallest absolute Gasteiger partial charge is 0.478 e. The van der Waals surface area contributed by atoms with Crippen molar-refractivity contribution in [1.29, 1.82) is 0 Å². The largest absolute Gasteiger partial charge is 0.756 e. The van der Waals surface area contributed by atoms with Gasteiger partial charge in [-0.3, -0.25) is 46.5 Å². The van der Waals surface area contributed by atoms with Crippen molar-refractivity contribution in [2.75, 3.05) is 144 Å². The number of imidazole rings is 2. The molecule has 0 saturated carbocycles. The third-order valence-corrected chi connectivity index (χ3v) is 28.5. The zero-order valence-electron chi connectivity index (χ0n) is 79.0. The second kappa shape index (κ2) is 43.1. The van der Waals surface area contributed by atoms with E-state index >= 15 is 0 Å². The van der Waals surface area contributed by atoms with Crippen LogP contribution in [0, 0.1) is 0 Å².